The Morgan fingerprint density at radius 3 is 1.95 bits per heavy atom. The summed E-state index contributed by atoms with van der Waals surface area (Å²) in [5, 5.41) is 17.9. The van der Waals surface area contributed by atoms with E-state index in [0.717, 1.165) is 0 Å². The SMILES string of the molecule is CC(C)C(=O)N(CC(C)C(=O)O)c1ccc(C(=O)O)cc1. The summed E-state index contributed by atoms with van der Waals surface area (Å²) in [7, 11) is 0. The highest BCUT2D eigenvalue weighted by atomic mass is 16.4. The topological polar surface area (TPSA) is 94.9 Å². The molecular formula is C15H19NO5. The molecule has 21 heavy (non-hydrogen) atoms. The Labute approximate surface area is 123 Å². The van der Waals surface area contributed by atoms with Gasteiger partial charge in [0, 0.05) is 18.2 Å². The third kappa shape index (κ3) is 4.30. The van der Waals surface area contributed by atoms with Crippen molar-refractivity contribution in [1.29, 1.82) is 0 Å². The number of aromatic carboxylic acids is 1. The Morgan fingerprint density at radius 1 is 1.05 bits per heavy atom. The van der Waals surface area contributed by atoms with Gasteiger partial charge in [-0.25, -0.2) is 4.79 Å². The van der Waals surface area contributed by atoms with Gasteiger partial charge in [-0.05, 0) is 24.3 Å². The molecule has 1 aromatic rings. The second-order valence-corrected chi connectivity index (χ2v) is 5.19. The van der Waals surface area contributed by atoms with Crippen LogP contribution in [0.3, 0.4) is 0 Å². The van der Waals surface area contributed by atoms with Gasteiger partial charge in [-0.15, -0.1) is 0 Å². The number of carbonyl (C=O) groups is 3. The van der Waals surface area contributed by atoms with E-state index in [2.05, 4.69) is 0 Å². The van der Waals surface area contributed by atoms with Crippen molar-refractivity contribution in [3.63, 3.8) is 0 Å². The monoisotopic (exact) mass is 293 g/mol. The van der Waals surface area contributed by atoms with Gasteiger partial charge >= 0.3 is 11.9 Å². The average Bonchev–Trinajstić information content (AvgIpc) is 2.43. The first kappa shape index (κ1) is 16.7. The van der Waals surface area contributed by atoms with Crippen LogP contribution < -0.4 is 4.90 Å². The maximum Gasteiger partial charge on any atom is 0.335 e. The van der Waals surface area contributed by atoms with E-state index >= 15 is 0 Å². The zero-order valence-electron chi connectivity index (χ0n) is 12.2. The van der Waals surface area contributed by atoms with Gasteiger partial charge in [0.05, 0.1) is 11.5 Å². The maximum atomic E-state index is 12.2. The highest BCUT2D eigenvalue weighted by Gasteiger charge is 2.24. The van der Waals surface area contributed by atoms with Gasteiger partial charge in [-0.3, -0.25) is 9.59 Å². The zero-order chi connectivity index (χ0) is 16.2. The van der Waals surface area contributed by atoms with E-state index in [0.29, 0.717) is 5.69 Å². The van der Waals surface area contributed by atoms with Crippen LogP contribution in [0.5, 0.6) is 0 Å². The Hall–Kier alpha value is -2.37. The summed E-state index contributed by atoms with van der Waals surface area (Å²) < 4.78 is 0. The number of carboxylic acid groups (broad SMARTS) is 2. The molecule has 0 aliphatic heterocycles. The molecule has 1 unspecified atom stereocenters. The van der Waals surface area contributed by atoms with Crippen molar-refractivity contribution in [1.82, 2.24) is 0 Å². The molecule has 1 aromatic carbocycles. The lowest BCUT2D eigenvalue weighted by atomic mass is 10.1. The molecule has 1 atom stereocenters. The number of carboxylic acids is 2. The molecule has 6 heteroatoms. The number of nitrogens with zero attached hydrogens (tertiary/aromatic N) is 1. The summed E-state index contributed by atoms with van der Waals surface area (Å²) in [6.07, 6.45) is 0. The van der Waals surface area contributed by atoms with E-state index in [9.17, 15) is 14.4 Å². The first-order valence-corrected chi connectivity index (χ1v) is 6.61. The number of hydrogen-bond donors (Lipinski definition) is 2. The minimum absolute atomic E-state index is 0.0404. The Balaban J connectivity index is 3.08. The third-order valence-corrected chi connectivity index (χ3v) is 3.06. The highest BCUT2D eigenvalue weighted by molar-refractivity contribution is 5.96. The summed E-state index contributed by atoms with van der Waals surface area (Å²) in [6, 6.07) is 5.81. The van der Waals surface area contributed by atoms with Crippen molar-refractivity contribution in [2.24, 2.45) is 11.8 Å². The molecule has 0 aliphatic carbocycles. The Kier molecular flexibility index (Phi) is 5.46. The predicted molar refractivity (Wildman–Crippen MR) is 77.4 cm³/mol. The lowest BCUT2D eigenvalue weighted by molar-refractivity contribution is -0.140. The molecule has 0 aliphatic rings. The first-order valence-electron chi connectivity index (χ1n) is 6.61. The lowest BCUT2D eigenvalue weighted by Gasteiger charge is -2.26. The standard InChI is InChI=1S/C15H19NO5/c1-9(2)13(17)16(8-10(3)14(18)19)12-6-4-11(5-7-12)15(20)21/h4-7,9-10H,8H2,1-3H3,(H,18,19)(H,20,21). The van der Waals surface area contributed by atoms with E-state index < -0.39 is 17.9 Å². The van der Waals surface area contributed by atoms with Gasteiger partial charge in [0.15, 0.2) is 0 Å². The van der Waals surface area contributed by atoms with Gasteiger partial charge in [0.1, 0.15) is 0 Å². The summed E-state index contributed by atoms with van der Waals surface area (Å²) in [4.78, 5) is 35.4. The summed E-state index contributed by atoms with van der Waals surface area (Å²) in [6.45, 7) is 5.02. The number of hydrogen-bond acceptors (Lipinski definition) is 3. The minimum Gasteiger partial charge on any atom is -0.481 e. The van der Waals surface area contributed by atoms with Crippen molar-refractivity contribution in [2.75, 3.05) is 11.4 Å². The van der Waals surface area contributed by atoms with Crippen molar-refractivity contribution < 1.29 is 24.6 Å². The van der Waals surface area contributed by atoms with Crippen molar-refractivity contribution in [3.8, 4) is 0 Å². The van der Waals surface area contributed by atoms with Gasteiger partial charge in [0.25, 0.3) is 0 Å². The smallest absolute Gasteiger partial charge is 0.335 e. The summed E-state index contributed by atoms with van der Waals surface area (Å²) in [5.41, 5.74) is 0.605. The fourth-order valence-electron chi connectivity index (χ4n) is 1.77. The van der Waals surface area contributed by atoms with Gasteiger partial charge < -0.3 is 15.1 Å². The van der Waals surface area contributed by atoms with Gasteiger partial charge in [-0.2, -0.15) is 0 Å². The molecule has 0 spiro atoms. The maximum absolute atomic E-state index is 12.2. The first-order chi connectivity index (χ1) is 9.73. The molecule has 0 radical (unpaired) electrons. The van der Waals surface area contributed by atoms with Crippen LogP contribution in [-0.4, -0.2) is 34.6 Å². The average molecular weight is 293 g/mol. The van der Waals surface area contributed by atoms with Crippen molar-refractivity contribution in [2.45, 2.75) is 20.8 Å². The Bertz CT molecular complexity index is 535. The number of aliphatic carboxylic acids is 1. The molecule has 0 heterocycles. The second kappa shape index (κ2) is 6.88. The van der Waals surface area contributed by atoms with Gasteiger partial charge in [0.2, 0.25) is 5.91 Å². The van der Waals surface area contributed by atoms with Crippen LogP contribution in [0.15, 0.2) is 24.3 Å². The van der Waals surface area contributed by atoms with Gasteiger partial charge in [-0.1, -0.05) is 20.8 Å². The number of rotatable bonds is 6. The highest BCUT2D eigenvalue weighted by Crippen LogP contribution is 2.19. The quantitative estimate of drug-likeness (QED) is 0.837. The van der Waals surface area contributed by atoms with Crippen molar-refractivity contribution in [3.05, 3.63) is 29.8 Å². The van der Waals surface area contributed by atoms with Crippen LogP contribution in [0.2, 0.25) is 0 Å². The van der Waals surface area contributed by atoms with Crippen LogP contribution >= 0.6 is 0 Å². The lowest BCUT2D eigenvalue weighted by Crippen LogP contribution is -2.39. The largest absolute Gasteiger partial charge is 0.481 e. The number of carbonyl (C=O) groups excluding carboxylic acids is 1. The van der Waals surface area contributed by atoms with Crippen LogP contribution in [0, 0.1) is 11.8 Å². The van der Waals surface area contributed by atoms with Crippen molar-refractivity contribution >= 4 is 23.5 Å². The summed E-state index contributed by atoms with van der Waals surface area (Å²) >= 11 is 0. The molecule has 1 amide bonds. The molecule has 114 valence electrons. The minimum atomic E-state index is -1.05. The third-order valence-electron chi connectivity index (χ3n) is 3.06. The van der Waals surface area contributed by atoms with E-state index in [4.69, 9.17) is 10.2 Å². The van der Waals surface area contributed by atoms with Crippen LogP contribution in [-0.2, 0) is 9.59 Å². The summed E-state index contributed by atoms with van der Waals surface area (Å²) in [5.74, 6) is -3.25. The second-order valence-electron chi connectivity index (χ2n) is 5.19. The normalized spacial score (nSPS) is 12.0. The van der Waals surface area contributed by atoms with E-state index in [1.165, 1.54) is 36.1 Å². The molecule has 0 aromatic heterocycles. The number of benzene rings is 1. The molecule has 1 rings (SSSR count). The van der Waals surface area contributed by atoms with Crippen LogP contribution in [0.25, 0.3) is 0 Å². The molecule has 0 bridgehead atoms. The molecule has 2 N–H and O–H groups in total. The molecule has 0 saturated heterocycles. The van der Waals surface area contributed by atoms with E-state index in [1.54, 1.807) is 13.8 Å². The van der Waals surface area contributed by atoms with Crippen LogP contribution in [0.4, 0.5) is 5.69 Å². The number of anilines is 1. The Morgan fingerprint density at radius 2 is 1.57 bits per heavy atom. The zero-order valence-corrected chi connectivity index (χ0v) is 12.2. The van der Waals surface area contributed by atoms with E-state index in [-0.39, 0.29) is 23.9 Å². The predicted octanol–water partition coefficient (Wildman–Crippen LogP) is 2.09. The van der Waals surface area contributed by atoms with Crippen LogP contribution in [0.1, 0.15) is 31.1 Å². The molecular weight excluding hydrogens is 274 g/mol. The number of amides is 1. The molecule has 0 saturated carbocycles. The van der Waals surface area contributed by atoms with E-state index in [1.807, 2.05) is 0 Å². The molecule has 0 fully saturated rings. The fraction of sp³-hybridized carbons (Fsp3) is 0.400. The fourth-order valence-corrected chi connectivity index (χ4v) is 1.77. The molecule has 6 nitrogen and oxygen atoms in total.